The molecule has 0 aromatic rings. The molecular weight excluding hydrogens is 268 g/mol. The van der Waals surface area contributed by atoms with Crippen molar-refractivity contribution in [1.29, 1.82) is 0 Å². The Hall–Kier alpha value is -0.300. The maximum Gasteiger partial charge on any atom is 0.0543 e. The average Bonchev–Trinajstić information content (AvgIpc) is 2.53. The standard InChI is InChI=1S/C21H34O/c1-3-15-5-4-6-20-19-9-7-14-13-16(22)8-10-17(14)18(19)11-12-21(15,20)2/h3,14,16-20,22H,4-13H2,1-2H3/b15-3+/t14-,16-,17-,18+,19+,20-,21+/m0/s1. The van der Waals surface area contributed by atoms with Gasteiger partial charge in [0, 0.05) is 0 Å². The van der Waals surface area contributed by atoms with Crippen LogP contribution >= 0.6 is 0 Å². The summed E-state index contributed by atoms with van der Waals surface area (Å²) in [5.74, 6) is 4.73. The molecule has 1 N–H and O–H groups in total. The van der Waals surface area contributed by atoms with Crippen LogP contribution in [0.2, 0.25) is 0 Å². The van der Waals surface area contributed by atoms with Gasteiger partial charge in [-0.3, -0.25) is 0 Å². The number of aliphatic hydroxyl groups excluding tert-OH is 1. The average molecular weight is 303 g/mol. The highest BCUT2D eigenvalue weighted by atomic mass is 16.3. The van der Waals surface area contributed by atoms with Crippen LogP contribution in [0.1, 0.15) is 78.1 Å². The van der Waals surface area contributed by atoms with Crippen molar-refractivity contribution in [2.24, 2.45) is 35.0 Å². The molecule has 0 aliphatic heterocycles. The molecule has 1 nitrogen and oxygen atoms in total. The lowest BCUT2D eigenvalue weighted by molar-refractivity contribution is -0.0766. The molecule has 0 saturated heterocycles. The Morgan fingerprint density at radius 2 is 1.82 bits per heavy atom. The van der Waals surface area contributed by atoms with Crippen molar-refractivity contribution in [2.75, 3.05) is 0 Å². The van der Waals surface area contributed by atoms with E-state index in [0.29, 0.717) is 5.41 Å². The topological polar surface area (TPSA) is 20.2 Å². The van der Waals surface area contributed by atoms with Gasteiger partial charge >= 0.3 is 0 Å². The molecule has 0 amide bonds. The summed E-state index contributed by atoms with van der Waals surface area (Å²) >= 11 is 0. The highest BCUT2D eigenvalue weighted by Gasteiger charge is 2.53. The fourth-order valence-corrected chi connectivity index (χ4v) is 7.35. The highest BCUT2D eigenvalue weighted by Crippen LogP contribution is 2.62. The van der Waals surface area contributed by atoms with Crippen LogP contribution < -0.4 is 0 Å². The van der Waals surface area contributed by atoms with Gasteiger partial charge in [0.05, 0.1) is 6.10 Å². The molecule has 22 heavy (non-hydrogen) atoms. The van der Waals surface area contributed by atoms with Crippen LogP contribution in [0.5, 0.6) is 0 Å². The summed E-state index contributed by atoms with van der Waals surface area (Å²) in [6, 6.07) is 0. The fourth-order valence-electron chi connectivity index (χ4n) is 7.35. The Bertz CT molecular complexity index is 453. The van der Waals surface area contributed by atoms with Gasteiger partial charge in [-0.25, -0.2) is 0 Å². The van der Waals surface area contributed by atoms with Gasteiger partial charge in [-0.15, -0.1) is 0 Å². The van der Waals surface area contributed by atoms with Crippen LogP contribution in [-0.4, -0.2) is 11.2 Å². The van der Waals surface area contributed by atoms with E-state index in [1.807, 2.05) is 0 Å². The number of rotatable bonds is 0. The summed E-state index contributed by atoms with van der Waals surface area (Å²) in [6.07, 6.45) is 16.0. The smallest absolute Gasteiger partial charge is 0.0543 e. The van der Waals surface area contributed by atoms with E-state index < -0.39 is 0 Å². The number of allylic oxidation sites excluding steroid dienone is 2. The molecule has 124 valence electrons. The SMILES string of the molecule is C/C=C1\CCC[C@H]2[C@@H]3CC[C@H]4C[C@@H](O)CC[C@@H]4[C@H]3CC[C@]12C. The lowest BCUT2D eigenvalue weighted by Gasteiger charge is -2.59. The molecule has 0 bridgehead atoms. The molecule has 0 aromatic carbocycles. The summed E-state index contributed by atoms with van der Waals surface area (Å²) in [5.41, 5.74) is 2.30. The summed E-state index contributed by atoms with van der Waals surface area (Å²) < 4.78 is 0. The molecule has 4 fully saturated rings. The molecule has 4 rings (SSSR count). The van der Waals surface area contributed by atoms with E-state index in [1.165, 1.54) is 51.4 Å². The minimum absolute atomic E-state index is 0.0102. The van der Waals surface area contributed by atoms with Crippen LogP contribution in [0.3, 0.4) is 0 Å². The second-order valence-electron chi connectivity index (χ2n) is 9.06. The zero-order chi connectivity index (χ0) is 15.3. The minimum atomic E-state index is 0.0102. The van der Waals surface area contributed by atoms with E-state index >= 15 is 0 Å². The van der Waals surface area contributed by atoms with Gasteiger partial charge in [0.1, 0.15) is 0 Å². The van der Waals surface area contributed by atoms with Gasteiger partial charge in [-0.1, -0.05) is 18.6 Å². The molecule has 1 heteroatoms. The number of hydrogen-bond donors (Lipinski definition) is 1. The fraction of sp³-hybridized carbons (Fsp3) is 0.905. The Balaban J connectivity index is 1.59. The highest BCUT2D eigenvalue weighted by molar-refractivity contribution is 5.20. The molecule has 0 aromatic heterocycles. The van der Waals surface area contributed by atoms with Crippen LogP contribution in [0.25, 0.3) is 0 Å². The summed E-state index contributed by atoms with van der Waals surface area (Å²) in [4.78, 5) is 0. The van der Waals surface area contributed by atoms with Crippen LogP contribution in [0, 0.1) is 35.0 Å². The van der Waals surface area contributed by atoms with E-state index in [0.717, 1.165) is 42.4 Å². The number of fused-ring (bicyclic) bond motifs is 5. The lowest BCUT2D eigenvalue weighted by Crippen LogP contribution is -2.50. The van der Waals surface area contributed by atoms with Gasteiger partial charge in [0.15, 0.2) is 0 Å². The molecule has 0 radical (unpaired) electrons. The van der Waals surface area contributed by atoms with Gasteiger partial charge in [0.2, 0.25) is 0 Å². The van der Waals surface area contributed by atoms with Crippen LogP contribution in [0.15, 0.2) is 11.6 Å². The van der Waals surface area contributed by atoms with Crippen molar-refractivity contribution in [1.82, 2.24) is 0 Å². The van der Waals surface area contributed by atoms with E-state index in [4.69, 9.17) is 0 Å². The van der Waals surface area contributed by atoms with Crippen molar-refractivity contribution >= 4 is 0 Å². The first kappa shape index (κ1) is 15.2. The number of hydrogen-bond acceptors (Lipinski definition) is 1. The predicted octanol–water partition coefficient (Wildman–Crippen LogP) is 5.34. The lowest BCUT2D eigenvalue weighted by atomic mass is 9.46. The summed E-state index contributed by atoms with van der Waals surface area (Å²) in [7, 11) is 0. The van der Waals surface area contributed by atoms with E-state index in [-0.39, 0.29) is 6.10 Å². The molecule has 0 heterocycles. The zero-order valence-electron chi connectivity index (χ0n) is 14.6. The molecule has 7 atom stereocenters. The van der Waals surface area contributed by atoms with Crippen molar-refractivity contribution in [2.45, 2.75) is 84.2 Å². The van der Waals surface area contributed by atoms with Crippen LogP contribution in [0.4, 0.5) is 0 Å². The van der Waals surface area contributed by atoms with Crippen LogP contribution in [-0.2, 0) is 0 Å². The third-order valence-corrected chi connectivity index (χ3v) is 8.36. The molecule has 0 unspecified atom stereocenters. The maximum absolute atomic E-state index is 10.0. The van der Waals surface area contributed by atoms with Gasteiger partial charge < -0.3 is 5.11 Å². The Kier molecular flexibility index (Phi) is 3.92. The Morgan fingerprint density at radius 1 is 1.00 bits per heavy atom. The monoisotopic (exact) mass is 302 g/mol. The molecule has 4 aliphatic rings. The molecule has 0 spiro atoms. The third kappa shape index (κ3) is 2.22. The van der Waals surface area contributed by atoms with Crippen molar-refractivity contribution in [3.63, 3.8) is 0 Å². The van der Waals surface area contributed by atoms with Gasteiger partial charge in [-0.05, 0) is 106 Å². The second kappa shape index (κ2) is 5.65. The Labute approximate surface area is 136 Å². The first-order valence-corrected chi connectivity index (χ1v) is 9.97. The Morgan fingerprint density at radius 3 is 2.64 bits per heavy atom. The van der Waals surface area contributed by atoms with Crippen molar-refractivity contribution in [3.05, 3.63) is 11.6 Å². The van der Waals surface area contributed by atoms with E-state index in [2.05, 4.69) is 19.9 Å². The first-order valence-electron chi connectivity index (χ1n) is 9.97. The largest absolute Gasteiger partial charge is 0.393 e. The quantitative estimate of drug-likeness (QED) is 0.599. The van der Waals surface area contributed by atoms with Crippen molar-refractivity contribution < 1.29 is 5.11 Å². The maximum atomic E-state index is 10.0. The summed E-state index contributed by atoms with van der Waals surface area (Å²) in [5, 5.41) is 10.0. The van der Waals surface area contributed by atoms with Gasteiger partial charge in [-0.2, -0.15) is 0 Å². The van der Waals surface area contributed by atoms with Crippen molar-refractivity contribution in [3.8, 4) is 0 Å². The second-order valence-corrected chi connectivity index (χ2v) is 9.06. The zero-order valence-corrected chi connectivity index (χ0v) is 14.6. The molecule has 4 aliphatic carbocycles. The number of aliphatic hydroxyl groups is 1. The third-order valence-electron chi connectivity index (χ3n) is 8.36. The minimum Gasteiger partial charge on any atom is -0.393 e. The first-order chi connectivity index (χ1) is 10.6. The molecule has 4 saturated carbocycles. The summed E-state index contributed by atoms with van der Waals surface area (Å²) in [6.45, 7) is 4.87. The van der Waals surface area contributed by atoms with E-state index in [1.54, 1.807) is 5.57 Å². The van der Waals surface area contributed by atoms with Gasteiger partial charge in [0.25, 0.3) is 0 Å². The molecular formula is C21H34O. The van der Waals surface area contributed by atoms with E-state index in [9.17, 15) is 5.11 Å². The normalized spacial score (nSPS) is 53.5. The predicted molar refractivity (Wildman–Crippen MR) is 91.5 cm³/mol.